The van der Waals surface area contributed by atoms with Gasteiger partial charge in [-0.3, -0.25) is 5.43 Å². The third-order valence-corrected chi connectivity index (χ3v) is 7.65. The lowest BCUT2D eigenvalue weighted by molar-refractivity contribution is -0.166. The van der Waals surface area contributed by atoms with Gasteiger partial charge in [-0.25, -0.2) is 0 Å². The van der Waals surface area contributed by atoms with E-state index in [-0.39, 0.29) is 18.6 Å². The minimum Gasteiger partial charge on any atom is -0.372 e. The Labute approximate surface area is 217 Å². The van der Waals surface area contributed by atoms with Crippen LogP contribution in [-0.4, -0.2) is 55.1 Å². The average molecular weight is 542 g/mol. The van der Waals surface area contributed by atoms with Crippen LogP contribution in [0.2, 0.25) is 0 Å². The normalized spacial score (nSPS) is 28.8. The quantitative estimate of drug-likeness (QED) is 0.469. The molecule has 0 spiro atoms. The number of hydrogen-bond donors (Lipinski definition) is 2. The molecule has 1 aromatic carbocycles. The monoisotopic (exact) mass is 541 g/mol. The van der Waals surface area contributed by atoms with Crippen molar-refractivity contribution >= 4 is 6.34 Å². The van der Waals surface area contributed by atoms with E-state index in [0.29, 0.717) is 26.1 Å². The number of allylic oxidation sites excluding steroid dienone is 2. The van der Waals surface area contributed by atoms with E-state index in [2.05, 4.69) is 21.9 Å². The zero-order valence-corrected chi connectivity index (χ0v) is 20.7. The second-order valence-electron chi connectivity index (χ2n) is 10.0. The maximum Gasteiger partial charge on any atom is 0.412 e. The van der Waals surface area contributed by atoms with Gasteiger partial charge in [0.1, 0.15) is 13.0 Å². The number of alkyl halides is 6. The maximum absolute atomic E-state index is 13.4. The second kappa shape index (κ2) is 10.6. The SMILES string of the molecule is C[C@@H](OC[C@@]1(c2ccccc2)CCC(CC#N)(N2C=NNC2)CN1)C1=CC(C(F)(F)F)CC(C(F)(F)F)=C1. The largest absolute Gasteiger partial charge is 0.412 e. The van der Waals surface area contributed by atoms with Crippen molar-refractivity contribution < 1.29 is 31.1 Å². The lowest BCUT2D eigenvalue weighted by atomic mass is 9.74. The Bertz CT molecular complexity index is 1110. The summed E-state index contributed by atoms with van der Waals surface area (Å²) >= 11 is 0. The molecule has 0 aromatic heterocycles. The molecule has 0 saturated carbocycles. The highest BCUT2D eigenvalue weighted by Crippen LogP contribution is 2.43. The first kappa shape index (κ1) is 28.0. The Hall–Kier alpha value is -3.04. The molecule has 1 fully saturated rings. The minimum absolute atomic E-state index is 0.0103. The van der Waals surface area contributed by atoms with Crippen molar-refractivity contribution in [1.82, 2.24) is 15.6 Å². The fourth-order valence-electron chi connectivity index (χ4n) is 5.23. The number of nitrogens with one attached hydrogen (secondary N) is 2. The van der Waals surface area contributed by atoms with Gasteiger partial charge in [0.25, 0.3) is 0 Å². The number of nitriles is 1. The van der Waals surface area contributed by atoms with Gasteiger partial charge in [0.2, 0.25) is 0 Å². The van der Waals surface area contributed by atoms with E-state index in [9.17, 15) is 31.6 Å². The molecule has 38 heavy (non-hydrogen) atoms. The average Bonchev–Trinajstić information content (AvgIpc) is 3.44. The predicted octanol–water partition coefficient (Wildman–Crippen LogP) is 5.13. The molecule has 4 rings (SSSR count). The maximum atomic E-state index is 13.4. The van der Waals surface area contributed by atoms with Crippen molar-refractivity contribution in [2.75, 3.05) is 19.8 Å². The van der Waals surface area contributed by atoms with E-state index >= 15 is 0 Å². The first-order valence-electron chi connectivity index (χ1n) is 12.3. The number of ether oxygens (including phenoxy) is 1. The van der Waals surface area contributed by atoms with Gasteiger partial charge in [0, 0.05) is 12.1 Å². The molecule has 1 aromatic rings. The molecule has 12 heteroatoms. The minimum atomic E-state index is -4.86. The third kappa shape index (κ3) is 5.83. The molecule has 2 N–H and O–H groups in total. The molecular formula is C26H29F6N5O. The van der Waals surface area contributed by atoms with E-state index < -0.39 is 47.4 Å². The summed E-state index contributed by atoms with van der Waals surface area (Å²) < 4.78 is 86.5. The standard InChI is InChI=1S/C26H29F6N5O/c1-18(19-11-21(25(27,28)29)13-22(12-19)26(30,31)32)38-15-24(20-5-3-2-4-6-20)8-7-23(9-10-33,14-34-24)37-16-35-36-17-37/h2-6,11-12,16,18,21,34,36H,7-9,13-15,17H2,1H3/t18-,21?,23?,24-/m1/s1. The molecular weight excluding hydrogens is 512 g/mol. The van der Waals surface area contributed by atoms with Crippen LogP contribution in [-0.2, 0) is 10.3 Å². The number of benzene rings is 1. The van der Waals surface area contributed by atoms with E-state index in [1.165, 1.54) is 6.92 Å². The lowest BCUT2D eigenvalue weighted by Gasteiger charge is -2.50. The highest BCUT2D eigenvalue weighted by Gasteiger charge is 2.48. The molecule has 2 aliphatic heterocycles. The van der Waals surface area contributed by atoms with E-state index in [0.717, 1.165) is 17.7 Å². The Kier molecular flexibility index (Phi) is 7.81. The van der Waals surface area contributed by atoms with Crippen LogP contribution < -0.4 is 10.7 Å². The Morgan fingerprint density at radius 1 is 1.18 bits per heavy atom. The molecule has 2 heterocycles. The van der Waals surface area contributed by atoms with Gasteiger partial charge in [-0.2, -0.15) is 36.7 Å². The fraction of sp³-hybridized carbons (Fsp3) is 0.538. The molecule has 3 aliphatic rings. The number of piperidine rings is 1. The van der Waals surface area contributed by atoms with Gasteiger partial charge in [0.15, 0.2) is 0 Å². The van der Waals surface area contributed by atoms with E-state index in [1.807, 2.05) is 35.2 Å². The van der Waals surface area contributed by atoms with Crippen LogP contribution in [0.15, 0.2) is 58.7 Å². The molecule has 1 aliphatic carbocycles. The molecule has 1 saturated heterocycles. The molecule has 0 radical (unpaired) electrons. The Morgan fingerprint density at radius 2 is 1.92 bits per heavy atom. The van der Waals surface area contributed by atoms with Gasteiger partial charge < -0.3 is 15.0 Å². The summed E-state index contributed by atoms with van der Waals surface area (Å²) in [5.41, 5.74) is 1.10. The second-order valence-corrected chi connectivity index (χ2v) is 10.0. The van der Waals surface area contributed by atoms with Crippen LogP contribution in [0.25, 0.3) is 0 Å². The highest BCUT2D eigenvalue weighted by atomic mass is 19.4. The fourth-order valence-corrected chi connectivity index (χ4v) is 5.23. The van der Waals surface area contributed by atoms with E-state index in [1.54, 1.807) is 6.34 Å². The molecule has 2 unspecified atom stereocenters. The van der Waals surface area contributed by atoms with Crippen LogP contribution in [0.4, 0.5) is 26.3 Å². The molecule has 6 nitrogen and oxygen atoms in total. The number of hydrogen-bond acceptors (Lipinski definition) is 6. The molecule has 0 bridgehead atoms. The van der Waals surface area contributed by atoms with Gasteiger partial charge in [-0.1, -0.05) is 36.4 Å². The van der Waals surface area contributed by atoms with Crippen molar-refractivity contribution in [1.29, 1.82) is 5.26 Å². The molecule has 206 valence electrons. The van der Waals surface area contributed by atoms with Crippen molar-refractivity contribution in [2.45, 2.75) is 62.1 Å². The van der Waals surface area contributed by atoms with Crippen molar-refractivity contribution in [2.24, 2.45) is 11.0 Å². The Morgan fingerprint density at radius 3 is 2.47 bits per heavy atom. The number of nitrogens with zero attached hydrogens (tertiary/aromatic N) is 3. The van der Waals surface area contributed by atoms with Crippen LogP contribution in [0.5, 0.6) is 0 Å². The van der Waals surface area contributed by atoms with Crippen molar-refractivity contribution in [3.05, 3.63) is 59.2 Å². The lowest BCUT2D eigenvalue weighted by Crippen LogP contribution is -2.64. The number of rotatable bonds is 7. The smallest absolute Gasteiger partial charge is 0.372 e. The zero-order valence-electron chi connectivity index (χ0n) is 20.7. The summed E-state index contributed by atoms with van der Waals surface area (Å²) in [6.07, 6.45) is -7.21. The molecule has 4 atom stereocenters. The summed E-state index contributed by atoms with van der Waals surface area (Å²) in [7, 11) is 0. The molecule has 0 amide bonds. The zero-order chi connectivity index (χ0) is 27.6. The van der Waals surface area contributed by atoms with Crippen molar-refractivity contribution in [3.8, 4) is 6.07 Å². The summed E-state index contributed by atoms with van der Waals surface area (Å²) in [6.45, 7) is 2.33. The summed E-state index contributed by atoms with van der Waals surface area (Å²) in [6, 6.07) is 11.6. The van der Waals surface area contributed by atoms with Crippen LogP contribution in [0.1, 0.15) is 38.2 Å². The number of hydrazone groups is 1. The summed E-state index contributed by atoms with van der Waals surface area (Å²) in [4.78, 5) is 1.97. The van der Waals surface area contributed by atoms with Gasteiger partial charge in [0.05, 0.1) is 42.2 Å². The van der Waals surface area contributed by atoms with Crippen LogP contribution >= 0.6 is 0 Å². The first-order chi connectivity index (χ1) is 17.9. The third-order valence-electron chi connectivity index (χ3n) is 7.65. The van der Waals surface area contributed by atoms with E-state index in [4.69, 9.17) is 4.74 Å². The van der Waals surface area contributed by atoms with Crippen molar-refractivity contribution in [3.63, 3.8) is 0 Å². The van der Waals surface area contributed by atoms with Crippen LogP contribution in [0.3, 0.4) is 0 Å². The number of halogens is 6. The summed E-state index contributed by atoms with van der Waals surface area (Å²) in [5, 5.41) is 17.1. The van der Waals surface area contributed by atoms with Crippen LogP contribution in [0, 0.1) is 17.2 Å². The highest BCUT2D eigenvalue weighted by molar-refractivity contribution is 5.58. The van der Waals surface area contributed by atoms with Gasteiger partial charge in [-0.15, -0.1) is 0 Å². The predicted molar refractivity (Wildman–Crippen MR) is 128 cm³/mol. The topological polar surface area (TPSA) is 72.7 Å². The first-order valence-corrected chi connectivity index (χ1v) is 12.3. The summed E-state index contributed by atoms with van der Waals surface area (Å²) in [5.74, 6) is -2.23. The van der Waals surface area contributed by atoms with Gasteiger partial charge >= 0.3 is 12.4 Å². The van der Waals surface area contributed by atoms with Gasteiger partial charge in [-0.05, 0) is 43.4 Å². The Balaban J connectivity index is 1.57.